The van der Waals surface area contributed by atoms with E-state index in [0.717, 1.165) is 26.2 Å². The third-order valence-electron chi connectivity index (χ3n) is 3.45. The fourth-order valence-electron chi connectivity index (χ4n) is 2.08. The molecule has 110 valence electrons. The van der Waals surface area contributed by atoms with Crippen molar-refractivity contribution in [1.29, 1.82) is 0 Å². The predicted octanol–water partition coefficient (Wildman–Crippen LogP) is -0.452. The second-order valence-corrected chi connectivity index (χ2v) is 5.31. The van der Waals surface area contributed by atoms with Crippen LogP contribution in [0.1, 0.15) is 13.8 Å². The van der Waals surface area contributed by atoms with Gasteiger partial charge in [0, 0.05) is 26.2 Å². The average Bonchev–Trinajstić information content (AvgIpc) is 2.38. The van der Waals surface area contributed by atoms with Gasteiger partial charge in [-0.05, 0) is 13.0 Å². The highest BCUT2D eigenvalue weighted by Gasteiger charge is 2.25. The van der Waals surface area contributed by atoms with E-state index in [4.69, 9.17) is 4.74 Å². The molecule has 0 aromatic rings. The summed E-state index contributed by atoms with van der Waals surface area (Å²) in [6, 6.07) is -0.429. The molecule has 0 aromatic carbocycles. The molecule has 1 aliphatic heterocycles. The van der Waals surface area contributed by atoms with E-state index in [1.54, 1.807) is 0 Å². The van der Waals surface area contributed by atoms with Crippen LogP contribution in [-0.2, 0) is 14.3 Å². The number of ether oxygens (including phenoxy) is 1. The minimum Gasteiger partial charge on any atom is -0.468 e. The minimum absolute atomic E-state index is 0.0441. The number of methoxy groups -OCH3 is 1. The van der Waals surface area contributed by atoms with Gasteiger partial charge in [0.2, 0.25) is 5.91 Å². The van der Waals surface area contributed by atoms with Crippen LogP contribution in [-0.4, -0.2) is 74.6 Å². The molecule has 1 rings (SSSR count). The lowest BCUT2D eigenvalue weighted by Crippen LogP contribution is -2.52. The molecule has 0 aromatic heterocycles. The lowest BCUT2D eigenvalue weighted by molar-refractivity contribution is -0.144. The van der Waals surface area contributed by atoms with Gasteiger partial charge in [-0.2, -0.15) is 0 Å². The second kappa shape index (κ2) is 7.45. The van der Waals surface area contributed by atoms with Crippen LogP contribution in [0.4, 0.5) is 0 Å². The molecule has 1 fully saturated rings. The second-order valence-electron chi connectivity index (χ2n) is 5.31. The highest BCUT2D eigenvalue weighted by molar-refractivity contribution is 5.80. The van der Waals surface area contributed by atoms with Gasteiger partial charge in [-0.25, -0.2) is 0 Å². The van der Waals surface area contributed by atoms with Gasteiger partial charge in [0.1, 0.15) is 6.04 Å². The molecule has 0 spiro atoms. The number of amides is 1. The molecule has 1 amide bonds. The van der Waals surface area contributed by atoms with Gasteiger partial charge in [-0.15, -0.1) is 0 Å². The Labute approximate surface area is 115 Å². The van der Waals surface area contributed by atoms with E-state index in [9.17, 15) is 9.59 Å². The summed E-state index contributed by atoms with van der Waals surface area (Å²) in [7, 11) is 3.41. The van der Waals surface area contributed by atoms with Crippen LogP contribution in [0.3, 0.4) is 0 Å². The third-order valence-corrected chi connectivity index (χ3v) is 3.45. The van der Waals surface area contributed by atoms with Gasteiger partial charge in [-0.3, -0.25) is 14.9 Å². The molecule has 1 heterocycles. The van der Waals surface area contributed by atoms with Crippen molar-refractivity contribution in [2.45, 2.75) is 19.9 Å². The standard InChI is InChI=1S/C13H25N3O3/c1-10(2)12(13(18)19-4)14-9-11(17)16-7-5-15(3)6-8-16/h10,12,14H,5-9H2,1-4H3/t12-/m0/s1. The number of nitrogens with one attached hydrogen (secondary N) is 1. The molecule has 0 aliphatic carbocycles. The molecule has 1 aliphatic rings. The zero-order valence-corrected chi connectivity index (χ0v) is 12.3. The van der Waals surface area contributed by atoms with Crippen LogP contribution in [0.25, 0.3) is 0 Å². The number of hydrogen-bond acceptors (Lipinski definition) is 5. The number of piperazine rings is 1. The van der Waals surface area contributed by atoms with Crippen LogP contribution < -0.4 is 5.32 Å². The van der Waals surface area contributed by atoms with E-state index < -0.39 is 6.04 Å². The van der Waals surface area contributed by atoms with Crippen molar-refractivity contribution < 1.29 is 14.3 Å². The van der Waals surface area contributed by atoms with Crippen molar-refractivity contribution in [2.75, 3.05) is 46.9 Å². The summed E-state index contributed by atoms with van der Waals surface area (Å²) in [5.74, 6) is -0.184. The van der Waals surface area contributed by atoms with Crippen molar-refractivity contribution >= 4 is 11.9 Å². The van der Waals surface area contributed by atoms with E-state index in [2.05, 4.69) is 10.2 Å². The van der Waals surface area contributed by atoms with E-state index in [-0.39, 0.29) is 24.3 Å². The summed E-state index contributed by atoms with van der Waals surface area (Å²) in [5, 5.41) is 3.00. The molecular weight excluding hydrogens is 246 g/mol. The molecule has 0 bridgehead atoms. The summed E-state index contributed by atoms with van der Waals surface area (Å²) in [4.78, 5) is 27.6. The van der Waals surface area contributed by atoms with Gasteiger partial charge in [-0.1, -0.05) is 13.8 Å². The SMILES string of the molecule is COC(=O)[C@@H](NCC(=O)N1CCN(C)CC1)C(C)C. The normalized spacial score (nSPS) is 18.5. The van der Waals surface area contributed by atoms with Crippen molar-refractivity contribution in [2.24, 2.45) is 5.92 Å². The Morgan fingerprint density at radius 1 is 1.21 bits per heavy atom. The molecule has 1 N–H and O–H groups in total. The first-order valence-electron chi connectivity index (χ1n) is 6.73. The van der Waals surface area contributed by atoms with Crippen LogP contribution >= 0.6 is 0 Å². The maximum Gasteiger partial charge on any atom is 0.323 e. The Morgan fingerprint density at radius 3 is 2.26 bits per heavy atom. The summed E-state index contributed by atoms with van der Waals surface area (Å²) in [5.41, 5.74) is 0. The van der Waals surface area contributed by atoms with Gasteiger partial charge in [0.15, 0.2) is 0 Å². The zero-order valence-electron chi connectivity index (χ0n) is 12.3. The number of hydrogen-bond donors (Lipinski definition) is 1. The number of carbonyl (C=O) groups excluding carboxylic acids is 2. The Hall–Kier alpha value is -1.14. The molecule has 19 heavy (non-hydrogen) atoms. The Balaban J connectivity index is 2.41. The highest BCUT2D eigenvalue weighted by Crippen LogP contribution is 2.04. The van der Waals surface area contributed by atoms with Gasteiger partial charge < -0.3 is 14.5 Å². The number of carbonyl (C=O) groups is 2. The quantitative estimate of drug-likeness (QED) is 0.686. The van der Waals surface area contributed by atoms with Crippen LogP contribution in [0, 0.1) is 5.92 Å². The fraction of sp³-hybridized carbons (Fsp3) is 0.846. The summed E-state index contributed by atoms with van der Waals surface area (Å²) >= 11 is 0. The van der Waals surface area contributed by atoms with E-state index >= 15 is 0 Å². The Kier molecular flexibility index (Phi) is 6.24. The molecule has 0 saturated carbocycles. The largest absolute Gasteiger partial charge is 0.468 e. The lowest BCUT2D eigenvalue weighted by atomic mass is 10.0. The third kappa shape index (κ3) is 4.80. The van der Waals surface area contributed by atoms with Gasteiger partial charge >= 0.3 is 5.97 Å². The predicted molar refractivity (Wildman–Crippen MR) is 72.7 cm³/mol. The first-order chi connectivity index (χ1) is 8.95. The summed E-state index contributed by atoms with van der Waals surface area (Å²) < 4.78 is 4.73. The van der Waals surface area contributed by atoms with Crippen LogP contribution in [0.2, 0.25) is 0 Å². The summed E-state index contributed by atoms with van der Waals surface area (Å²) in [6.45, 7) is 7.33. The average molecular weight is 271 g/mol. The topological polar surface area (TPSA) is 61.9 Å². The molecule has 6 nitrogen and oxygen atoms in total. The smallest absolute Gasteiger partial charge is 0.323 e. The molecule has 0 unspecified atom stereocenters. The molecule has 1 atom stereocenters. The van der Waals surface area contributed by atoms with Gasteiger partial charge in [0.05, 0.1) is 13.7 Å². The fourth-order valence-corrected chi connectivity index (χ4v) is 2.08. The van der Waals surface area contributed by atoms with E-state index in [0.29, 0.717) is 0 Å². The molecule has 1 saturated heterocycles. The van der Waals surface area contributed by atoms with Crippen LogP contribution in [0.5, 0.6) is 0 Å². The minimum atomic E-state index is -0.429. The van der Waals surface area contributed by atoms with Crippen molar-refractivity contribution in [3.8, 4) is 0 Å². The van der Waals surface area contributed by atoms with Crippen molar-refractivity contribution in [1.82, 2.24) is 15.1 Å². The Morgan fingerprint density at radius 2 is 1.79 bits per heavy atom. The number of esters is 1. The first kappa shape index (κ1) is 15.9. The zero-order chi connectivity index (χ0) is 14.4. The molecule has 6 heteroatoms. The van der Waals surface area contributed by atoms with E-state index in [1.807, 2.05) is 25.8 Å². The van der Waals surface area contributed by atoms with Gasteiger partial charge in [0.25, 0.3) is 0 Å². The number of rotatable bonds is 5. The van der Waals surface area contributed by atoms with E-state index in [1.165, 1.54) is 7.11 Å². The Bertz CT molecular complexity index is 312. The number of nitrogens with zero attached hydrogens (tertiary/aromatic N) is 2. The molecular formula is C13H25N3O3. The first-order valence-corrected chi connectivity index (χ1v) is 6.73. The molecule has 0 radical (unpaired) electrons. The number of likely N-dealkylation sites (N-methyl/N-ethyl adjacent to an activating group) is 1. The van der Waals surface area contributed by atoms with Crippen molar-refractivity contribution in [3.05, 3.63) is 0 Å². The van der Waals surface area contributed by atoms with Crippen molar-refractivity contribution in [3.63, 3.8) is 0 Å². The lowest BCUT2D eigenvalue weighted by Gasteiger charge is -2.33. The monoisotopic (exact) mass is 271 g/mol. The maximum absolute atomic E-state index is 12.0. The highest BCUT2D eigenvalue weighted by atomic mass is 16.5. The maximum atomic E-state index is 12.0. The summed E-state index contributed by atoms with van der Waals surface area (Å²) in [6.07, 6.45) is 0. The van der Waals surface area contributed by atoms with Crippen LogP contribution in [0.15, 0.2) is 0 Å².